The van der Waals surface area contributed by atoms with Gasteiger partial charge < -0.3 is 5.73 Å². The SMILES string of the molecule is Cc1ccc(C(N)c2ccn(C)n2)c(Cl)c1. The van der Waals surface area contributed by atoms with Crippen LogP contribution in [-0.4, -0.2) is 9.78 Å². The Bertz CT molecular complexity index is 505. The molecule has 0 bridgehead atoms. The molecule has 1 aromatic carbocycles. The summed E-state index contributed by atoms with van der Waals surface area (Å²) in [5.41, 5.74) is 8.98. The van der Waals surface area contributed by atoms with Crippen molar-refractivity contribution in [2.75, 3.05) is 0 Å². The van der Waals surface area contributed by atoms with Crippen LogP contribution in [0.5, 0.6) is 0 Å². The van der Waals surface area contributed by atoms with Gasteiger partial charge in [0.15, 0.2) is 0 Å². The highest BCUT2D eigenvalue weighted by atomic mass is 35.5. The molecule has 1 atom stereocenters. The van der Waals surface area contributed by atoms with E-state index < -0.39 is 0 Å². The smallest absolute Gasteiger partial charge is 0.0837 e. The van der Waals surface area contributed by atoms with Gasteiger partial charge in [-0.2, -0.15) is 5.10 Å². The van der Waals surface area contributed by atoms with Crippen LogP contribution in [0, 0.1) is 6.92 Å². The van der Waals surface area contributed by atoms with E-state index in [0.717, 1.165) is 16.8 Å². The molecular weight excluding hydrogens is 222 g/mol. The zero-order valence-corrected chi connectivity index (χ0v) is 10.1. The molecule has 16 heavy (non-hydrogen) atoms. The van der Waals surface area contributed by atoms with Crippen LogP contribution in [0.15, 0.2) is 30.5 Å². The third-order valence-electron chi connectivity index (χ3n) is 2.54. The summed E-state index contributed by atoms with van der Waals surface area (Å²) in [6.07, 6.45) is 1.87. The second kappa shape index (κ2) is 4.28. The fourth-order valence-electron chi connectivity index (χ4n) is 1.64. The predicted molar refractivity (Wildman–Crippen MR) is 65.4 cm³/mol. The van der Waals surface area contributed by atoms with Crippen molar-refractivity contribution in [1.82, 2.24) is 9.78 Å². The first-order valence-corrected chi connectivity index (χ1v) is 5.47. The van der Waals surface area contributed by atoms with Gasteiger partial charge in [-0.25, -0.2) is 0 Å². The molecule has 0 aliphatic rings. The second-order valence-electron chi connectivity index (χ2n) is 3.92. The first-order chi connectivity index (χ1) is 7.58. The number of halogens is 1. The molecule has 4 heteroatoms. The minimum absolute atomic E-state index is 0.269. The summed E-state index contributed by atoms with van der Waals surface area (Å²) in [6.45, 7) is 2.00. The van der Waals surface area contributed by atoms with E-state index in [1.54, 1.807) is 4.68 Å². The van der Waals surface area contributed by atoms with Crippen molar-refractivity contribution in [1.29, 1.82) is 0 Å². The quantitative estimate of drug-likeness (QED) is 0.869. The topological polar surface area (TPSA) is 43.8 Å². The van der Waals surface area contributed by atoms with E-state index in [0.29, 0.717) is 5.02 Å². The lowest BCUT2D eigenvalue weighted by Crippen LogP contribution is -2.13. The number of aryl methyl sites for hydroxylation is 2. The molecule has 0 radical (unpaired) electrons. The number of nitrogens with zero attached hydrogens (tertiary/aromatic N) is 2. The van der Waals surface area contributed by atoms with Crippen molar-refractivity contribution < 1.29 is 0 Å². The standard InChI is InChI=1S/C12H14ClN3/c1-8-3-4-9(10(13)7-8)12(14)11-5-6-16(2)15-11/h3-7,12H,14H2,1-2H3. The molecule has 3 nitrogen and oxygen atoms in total. The molecule has 0 spiro atoms. The van der Waals surface area contributed by atoms with Crippen molar-refractivity contribution in [3.63, 3.8) is 0 Å². The Kier molecular flexibility index (Phi) is 2.99. The van der Waals surface area contributed by atoms with Crippen molar-refractivity contribution in [2.45, 2.75) is 13.0 Å². The number of nitrogens with two attached hydrogens (primary N) is 1. The van der Waals surface area contributed by atoms with Crippen molar-refractivity contribution in [2.24, 2.45) is 12.8 Å². The maximum atomic E-state index is 6.17. The van der Waals surface area contributed by atoms with Crippen LogP contribution in [0.25, 0.3) is 0 Å². The van der Waals surface area contributed by atoms with Gasteiger partial charge >= 0.3 is 0 Å². The average molecular weight is 236 g/mol. The average Bonchev–Trinajstić information content (AvgIpc) is 2.64. The van der Waals surface area contributed by atoms with E-state index in [-0.39, 0.29) is 6.04 Å². The minimum atomic E-state index is -0.269. The Morgan fingerprint density at radius 2 is 2.12 bits per heavy atom. The lowest BCUT2D eigenvalue weighted by Gasteiger charge is -2.11. The van der Waals surface area contributed by atoms with Gasteiger partial charge in [0.05, 0.1) is 11.7 Å². The van der Waals surface area contributed by atoms with Crippen LogP contribution in [0.1, 0.15) is 22.9 Å². The molecule has 0 saturated carbocycles. The highest BCUT2D eigenvalue weighted by Crippen LogP contribution is 2.26. The molecule has 1 unspecified atom stereocenters. The largest absolute Gasteiger partial charge is 0.319 e. The van der Waals surface area contributed by atoms with E-state index in [1.165, 1.54) is 0 Å². The Hall–Kier alpha value is -1.32. The van der Waals surface area contributed by atoms with E-state index in [1.807, 2.05) is 44.4 Å². The Morgan fingerprint density at radius 1 is 1.38 bits per heavy atom. The van der Waals surface area contributed by atoms with Crippen molar-refractivity contribution >= 4 is 11.6 Å². The Balaban J connectivity index is 2.37. The number of hydrogen-bond acceptors (Lipinski definition) is 2. The molecule has 2 N–H and O–H groups in total. The number of benzene rings is 1. The summed E-state index contributed by atoms with van der Waals surface area (Å²) in [5, 5.41) is 4.98. The highest BCUT2D eigenvalue weighted by Gasteiger charge is 2.14. The molecule has 0 aliphatic carbocycles. The predicted octanol–water partition coefficient (Wildman–Crippen LogP) is 2.43. The van der Waals surface area contributed by atoms with Crippen LogP contribution in [-0.2, 0) is 7.05 Å². The third-order valence-corrected chi connectivity index (χ3v) is 2.87. The van der Waals surface area contributed by atoms with Gasteiger partial charge in [0.2, 0.25) is 0 Å². The molecule has 0 saturated heterocycles. The molecule has 1 aromatic heterocycles. The van der Waals surface area contributed by atoms with E-state index >= 15 is 0 Å². The van der Waals surface area contributed by atoms with E-state index in [9.17, 15) is 0 Å². The van der Waals surface area contributed by atoms with Gasteiger partial charge in [-0.15, -0.1) is 0 Å². The monoisotopic (exact) mass is 235 g/mol. The van der Waals surface area contributed by atoms with Gasteiger partial charge in [-0.3, -0.25) is 4.68 Å². The van der Waals surface area contributed by atoms with Crippen LogP contribution in [0.2, 0.25) is 5.02 Å². The molecule has 2 rings (SSSR count). The summed E-state index contributed by atoms with van der Waals surface area (Å²) >= 11 is 6.17. The summed E-state index contributed by atoms with van der Waals surface area (Å²) in [5.74, 6) is 0. The molecule has 0 aliphatic heterocycles. The van der Waals surface area contributed by atoms with Gasteiger partial charge in [0.25, 0.3) is 0 Å². The van der Waals surface area contributed by atoms with Crippen LogP contribution >= 0.6 is 11.6 Å². The normalized spacial score (nSPS) is 12.8. The maximum Gasteiger partial charge on any atom is 0.0837 e. The fraction of sp³-hybridized carbons (Fsp3) is 0.250. The molecule has 2 aromatic rings. The lowest BCUT2D eigenvalue weighted by molar-refractivity contribution is 0.716. The zero-order valence-electron chi connectivity index (χ0n) is 9.31. The lowest BCUT2D eigenvalue weighted by atomic mass is 10.0. The highest BCUT2D eigenvalue weighted by molar-refractivity contribution is 6.31. The van der Waals surface area contributed by atoms with Gasteiger partial charge in [0, 0.05) is 18.3 Å². The van der Waals surface area contributed by atoms with E-state index in [2.05, 4.69) is 5.10 Å². The van der Waals surface area contributed by atoms with Gasteiger partial charge in [-0.05, 0) is 30.2 Å². The molecule has 0 amide bonds. The first kappa shape index (κ1) is 11.2. The Morgan fingerprint density at radius 3 is 2.69 bits per heavy atom. The maximum absolute atomic E-state index is 6.17. The molecular formula is C12H14ClN3. The molecule has 84 valence electrons. The van der Waals surface area contributed by atoms with Crippen LogP contribution in [0.4, 0.5) is 0 Å². The summed E-state index contributed by atoms with van der Waals surface area (Å²) < 4.78 is 1.73. The van der Waals surface area contributed by atoms with E-state index in [4.69, 9.17) is 17.3 Å². The van der Waals surface area contributed by atoms with Crippen molar-refractivity contribution in [3.8, 4) is 0 Å². The number of aromatic nitrogens is 2. The summed E-state index contributed by atoms with van der Waals surface area (Å²) in [6, 6.07) is 7.51. The van der Waals surface area contributed by atoms with Gasteiger partial charge in [0.1, 0.15) is 0 Å². The molecule has 0 fully saturated rings. The summed E-state index contributed by atoms with van der Waals surface area (Å²) in [7, 11) is 1.87. The van der Waals surface area contributed by atoms with Crippen LogP contribution < -0.4 is 5.73 Å². The van der Waals surface area contributed by atoms with Gasteiger partial charge in [-0.1, -0.05) is 23.7 Å². The minimum Gasteiger partial charge on any atom is -0.319 e. The number of hydrogen-bond donors (Lipinski definition) is 1. The first-order valence-electron chi connectivity index (χ1n) is 5.09. The molecule has 1 heterocycles. The fourth-order valence-corrected chi connectivity index (χ4v) is 2.00. The van der Waals surface area contributed by atoms with Crippen molar-refractivity contribution in [3.05, 3.63) is 52.3 Å². The van der Waals surface area contributed by atoms with Crippen LogP contribution in [0.3, 0.4) is 0 Å². The zero-order chi connectivity index (χ0) is 11.7. The summed E-state index contributed by atoms with van der Waals surface area (Å²) in [4.78, 5) is 0. The second-order valence-corrected chi connectivity index (χ2v) is 4.32. The Labute approximate surface area is 99.8 Å². The number of rotatable bonds is 2. The third kappa shape index (κ3) is 2.10.